The minimum Gasteiger partial charge on any atom is -0.496 e. The molecule has 0 aliphatic rings. The van der Waals surface area contributed by atoms with Gasteiger partial charge in [-0.25, -0.2) is 18.2 Å². The quantitative estimate of drug-likeness (QED) is 0.778. The van der Waals surface area contributed by atoms with Crippen LogP contribution in [0.1, 0.15) is 15.9 Å². The summed E-state index contributed by atoms with van der Waals surface area (Å²) in [6, 6.07) is 6.78. The second-order valence-corrected chi connectivity index (χ2v) is 7.49. The SMILES string of the molecule is COc1ccc(Cl)cc1CC(=O)CS(=O)(=O)c1cc(C(=O)O)ccn1. The summed E-state index contributed by atoms with van der Waals surface area (Å²) in [6.07, 6.45) is 0.877. The Balaban J connectivity index is 2.21. The van der Waals surface area contributed by atoms with E-state index in [1.54, 1.807) is 12.1 Å². The number of carbonyl (C=O) groups excluding carboxylic acids is 1. The molecule has 0 radical (unpaired) electrons. The second-order valence-electron chi connectivity index (χ2n) is 5.12. The van der Waals surface area contributed by atoms with Crippen LogP contribution in [0.5, 0.6) is 5.75 Å². The average molecular weight is 384 g/mol. The predicted octanol–water partition coefficient (Wildman–Crippen LogP) is 2.03. The highest BCUT2D eigenvalue weighted by molar-refractivity contribution is 7.92. The molecule has 0 bridgehead atoms. The third-order valence-corrected chi connectivity index (χ3v) is 5.08. The molecule has 1 aromatic heterocycles. The Labute approximate surface area is 149 Å². The number of aromatic nitrogens is 1. The highest BCUT2D eigenvalue weighted by Gasteiger charge is 2.23. The fourth-order valence-corrected chi connectivity index (χ4v) is 3.54. The number of halogens is 1. The van der Waals surface area contributed by atoms with Crippen LogP contribution in [0.15, 0.2) is 41.6 Å². The van der Waals surface area contributed by atoms with Crippen LogP contribution in [-0.4, -0.2) is 43.1 Å². The van der Waals surface area contributed by atoms with E-state index in [-0.39, 0.29) is 12.0 Å². The lowest BCUT2D eigenvalue weighted by Crippen LogP contribution is -2.19. The van der Waals surface area contributed by atoms with E-state index in [2.05, 4.69) is 4.98 Å². The number of sulfone groups is 1. The topological polar surface area (TPSA) is 111 Å². The number of nitrogens with zero attached hydrogens (tertiary/aromatic N) is 1. The van der Waals surface area contributed by atoms with Crippen LogP contribution < -0.4 is 4.74 Å². The Bertz CT molecular complexity index is 926. The number of rotatable bonds is 7. The average Bonchev–Trinajstić information content (AvgIpc) is 2.54. The molecule has 0 fully saturated rings. The smallest absolute Gasteiger partial charge is 0.335 e. The van der Waals surface area contributed by atoms with Gasteiger partial charge in [0, 0.05) is 23.2 Å². The van der Waals surface area contributed by atoms with Gasteiger partial charge in [0.15, 0.2) is 10.8 Å². The van der Waals surface area contributed by atoms with Crippen molar-refractivity contribution in [2.24, 2.45) is 0 Å². The van der Waals surface area contributed by atoms with Gasteiger partial charge in [-0.2, -0.15) is 0 Å². The van der Waals surface area contributed by atoms with Gasteiger partial charge >= 0.3 is 5.97 Å². The molecule has 1 heterocycles. The number of ether oxygens (including phenoxy) is 1. The molecule has 7 nitrogen and oxygen atoms in total. The fraction of sp³-hybridized carbons (Fsp3) is 0.188. The number of ketones is 1. The number of carbonyl (C=O) groups is 2. The number of pyridine rings is 1. The first-order chi connectivity index (χ1) is 11.7. The Kier molecular flexibility index (Phi) is 5.76. The predicted molar refractivity (Wildman–Crippen MR) is 90.0 cm³/mol. The van der Waals surface area contributed by atoms with Crippen molar-refractivity contribution in [3.8, 4) is 5.75 Å². The summed E-state index contributed by atoms with van der Waals surface area (Å²) in [6.45, 7) is 0. The highest BCUT2D eigenvalue weighted by Crippen LogP contribution is 2.23. The van der Waals surface area contributed by atoms with Crippen molar-refractivity contribution in [3.05, 3.63) is 52.7 Å². The number of Topliss-reactive ketones (excluding diaryl/α,β-unsaturated/α-hetero) is 1. The number of methoxy groups -OCH3 is 1. The van der Waals surface area contributed by atoms with Crippen molar-refractivity contribution < 1.29 is 27.9 Å². The monoisotopic (exact) mass is 383 g/mol. The van der Waals surface area contributed by atoms with Gasteiger partial charge in [0.1, 0.15) is 11.5 Å². The van der Waals surface area contributed by atoms with E-state index in [1.165, 1.54) is 19.2 Å². The summed E-state index contributed by atoms with van der Waals surface area (Å²) < 4.78 is 29.7. The maximum absolute atomic E-state index is 12.3. The Hall–Kier alpha value is -2.45. The van der Waals surface area contributed by atoms with Gasteiger partial charge in [-0.15, -0.1) is 0 Å². The summed E-state index contributed by atoms with van der Waals surface area (Å²) in [4.78, 5) is 26.8. The number of carboxylic acid groups (broad SMARTS) is 1. The Morgan fingerprint density at radius 1 is 1.24 bits per heavy atom. The third-order valence-electron chi connectivity index (χ3n) is 3.28. The first kappa shape index (κ1) is 18.9. The van der Waals surface area contributed by atoms with E-state index < -0.39 is 32.4 Å². The summed E-state index contributed by atoms with van der Waals surface area (Å²) in [5.74, 6) is -2.27. The third kappa shape index (κ3) is 4.77. The highest BCUT2D eigenvalue weighted by atomic mass is 35.5. The summed E-state index contributed by atoms with van der Waals surface area (Å²) in [5, 5.41) is 8.85. The molecule has 0 saturated carbocycles. The van der Waals surface area contributed by atoms with Gasteiger partial charge in [-0.1, -0.05) is 11.6 Å². The zero-order valence-corrected chi connectivity index (χ0v) is 14.7. The number of hydrogen-bond donors (Lipinski definition) is 1. The molecular formula is C16H14ClNO6S. The molecule has 0 unspecified atom stereocenters. The maximum atomic E-state index is 12.3. The molecule has 25 heavy (non-hydrogen) atoms. The molecule has 2 rings (SSSR count). The zero-order valence-electron chi connectivity index (χ0n) is 13.1. The van der Waals surface area contributed by atoms with Crippen molar-refractivity contribution in [1.29, 1.82) is 0 Å². The van der Waals surface area contributed by atoms with E-state index in [4.69, 9.17) is 21.4 Å². The van der Waals surface area contributed by atoms with Gasteiger partial charge in [-0.3, -0.25) is 4.79 Å². The van der Waals surface area contributed by atoms with Crippen LogP contribution in [-0.2, 0) is 21.1 Å². The molecule has 9 heteroatoms. The standard InChI is InChI=1S/C16H14ClNO6S/c1-24-14-3-2-12(17)6-11(14)7-13(19)9-25(22,23)15-8-10(16(20)21)4-5-18-15/h2-6,8H,7,9H2,1H3,(H,20,21). The summed E-state index contributed by atoms with van der Waals surface area (Å²) >= 11 is 5.88. The largest absolute Gasteiger partial charge is 0.496 e. The molecular weight excluding hydrogens is 370 g/mol. The Morgan fingerprint density at radius 2 is 1.96 bits per heavy atom. The minimum absolute atomic E-state index is 0.193. The first-order valence-corrected chi connectivity index (χ1v) is 9.02. The van der Waals surface area contributed by atoms with Crippen LogP contribution in [0, 0.1) is 0 Å². The second kappa shape index (κ2) is 7.62. The molecule has 0 atom stereocenters. The van der Waals surface area contributed by atoms with Gasteiger partial charge in [0.2, 0.25) is 9.84 Å². The summed E-state index contributed by atoms with van der Waals surface area (Å²) in [5.41, 5.74) is 0.236. The zero-order chi connectivity index (χ0) is 18.6. The van der Waals surface area contributed by atoms with E-state index >= 15 is 0 Å². The van der Waals surface area contributed by atoms with Crippen LogP contribution in [0.4, 0.5) is 0 Å². The first-order valence-electron chi connectivity index (χ1n) is 6.99. The lowest BCUT2D eigenvalue weighted by atomic mass is 10.1. The van der Waals surface area contributed by atoms with Gasteiger partial charge < -0.3 is 9.84 Å². The molecule has 2 aromatic rings. The van der Waals surface area contributed by atoms with Crippen LogP contribution >= 0.6 is 11.6 Å². The maximum Gasteiger partial charge on any atom is 0.335 e. The van der Waals surface area contributed by atoms with Crippen molar-refractivity contribution >= 4 is 33.2 Å². The number of benzene rings is 1. The number of hydrogen-bond acceptors (Lipinski definition) is 6. The molecule has 0 aliphatic carbocycles. The van der Waals surface area contributed by atoms with Crippen LogP contribution in [0.25, 0.3) is 0 Å². The molecule has 1 aromatic carbocycles. The molecule has 0 spiro atoms. The van der Waals surface area contributed by atoms with Gasteiger partial charge in [-0.05, 0) is 30.3 Å². The molecule has 132 valence electrons. The molecule has 0 saturated heterocycles. The molecule has 0 aliphatic heterocycles. The van der Waals surface area contributed by atoms with E-state index in [9.17, 15) is 18.0 Å². The normalized spacial score (nSPS) is 11.1. The van der Waals surface area contributed by atoms with E-state index in [0.29, 0.717) is 16.3 Å². The molecule has 1 N–H and O–H groups in total. The van der Waals surface area contributed by atoms with Gasteiger partial charge in [0.25, 0.3) is 0 Å². The van der Waals surface area contributed by atoms with E-state index in [0.717, 1.165) is 12.3 Å². The van der Waals surface area contributed by atoms with Crippen LogP contribution in [0.3, 0.4) is 0 Å². The lowest BCUT2D eigenvalue weighted by molar-refractivity contribution is -0.116. The number of carboxylic acids is 1. The van der Waals surface area contributed by atoms with Crippen molar-refractivity contribution in [3.63, 3.8) is 0 Å². The number of aromatic carboxylic acids is 1. The fourth-order valence-electron chi connectivity index (χ4n) is 2.15. The van der Waals surface area contributed by atoms with Crippen molar-refractivity contribution in [2.45, 2.75) is 11.4 Å². The van der Waals surface area contributed by atoms with Gasteiger partial charge in [0.05, 0.1) is 12.7 Å². The lowest BCUT2D eigenvalue weighted by Gasteiger charge is -2.09. The van der Waals surface area contributed by atoms with Crippen molar-refractivity contribution in [2.75, 3.05) is 12.9 Å². The van der Waals surface area contributed by atoms with E-state index in [1.807, 2.05) is 0 Å². The van der Waals surface area contributed by atoms with Crippen molar-refractivity contribution in [1.82, 2.24) is 4.98 Å². The Morgan fingerprint density at radius 3 is 2.60 bits per heavy atom. The summed E-state index contributed by atoms with van der Waals surface area (Å²) in [7, 11) is -2.64. The van der Waals surface area contributed by atoms with Crippen LogP contribution in [0.2, 0.25) is 5.02 Å². The minimum atomic E-state index is -4.06. The molecule has 0 amide bonds.